The Morgan fingerprint density at radius 3 is 2.12 bits per heavy atom. The standard InChI is InChI=1S/C39H57FN2O4S.C5H12O.C3H8.2C2H6/c1-36(2)29(26-8-9-28(32(40)25-26)35(43)46-5)12-16-38(4)33(36)14-17-37(3)30-13-18-39(15-6-7-31(39)27(30)10-11-34(37)38)41-19-20-42-21-23-47(44,45)24-22-42;1-3-4-5-6-2;1-3-2;2*1-2/h8-9,12,25,27,30-31,33-34,41H,6-7,10-11,13-24H2,1-5H3;3-5H2,1-2H3;3H2,1-2H3;2*1-2H3/t27-,30?,31+,33?,34?,37-,38-,39-;;;;/m0..../s1. The molecule has 0 aromatic heterocycles. The molecule has 6 aliphatic rings. The third kappa shape index (κ3) is 11.3. The number of halogens is 1. The quantitative estimate of drug-likeness (QED) is 0.195. The molecule has 1 aromatic carbocycles. The number of carbonyl (C=O) groups excluding carboxylic acids is 1. The van der Waals surface area contributed by atoms with Gasteiger partial charge < -0.3 is 19.7 Å². The van der Waals surface area contributed by atoms with Crippen molar-refractivity contribution in [3.05, 3.63) is 41.2 Å². The largest absolute Gasteiger partial charge is 0.465 e. The first kappa shape index (κ1) is 52.5. The summed E-state index contributed by atoms with van der Waals surface area (Å²) in [4.78, 5) is 14.4. The van der Waals surface area contributed by atoms with Crippen LogP contribution in [0, 0.1) is 51.7 Å². The summed E-state index contributed by atoms with van der Waals surface area (Å²) in [5.41, 5.74) is 2.82. The molecule has 0 spiro atoms. The second-order valence-electron chi connectivity index (χ2n) is 19.4. The zero-order valence-corrected chi connectivity index (χ0v) is 41.4. The highest BCUT2D eigenvalue weighted by Gasteiger charge is 2.65. The van der Waals surface area contributed by atoms with Gasteiger partial charge >= 0.3 is 5.97 Å². The molecule has 5 aliphatic carbocycles. The van der Waals surface area contributed by atoms with E-state index in [0.29, 0.717) is 41.8 Å². The van der Waals surface area contributed by atoms with Gasteiger partial charge in [0.2, 0.25) is 0 Å². The number of esters is 1. The zero-order valence-electron chi connectivity index (χ0n) is 40.6. The van der Waals surface area contributed by atoms with Gasteiger partial charge in [-0.05, 0) is 133 Å². The van der Waals surface area contributed by atoms with Gasteiger partial charge in [0.15, 0.2) is 9.84 Å². The van der Waals surface area contributed by atoms with Crippen LogP contribution >= 0.6 is 0 Å². The molecule has 3 unspecified atom stereocenters. The van der Waals surface area contributed by atoms with Crippen molar-refractivity contribution in [3.63, 3.8) is 0 Å². The Bertz CT molecular complexity index is 1610. The fourth-order valence-electron chi connectivity index (χ4n) is 13.3. The minimum Gasteiger partial charge on any atom is -0.465 e. The highest BCUT2D eigenvalue weighted by Crippen LogP contribution is 2.72. The fraction of sp³-hybridized carbons (Fsp3) is 0.824. The topological polar surface area (TPSA) is 84.9 Å². The van der Waals surface area contributed by atoms with E-state index in [1.807, 2.05) is 33.8 Å². The molecule has 346 valence electrons. The van der Waals surface area contributed by atoms with Crippen molar-refractivity contribution in [1.29, 1.82) is 0 Å². The minimum absolute atomic E-state index is 0.00548. The molecular formula is C51H89FN2O5S. The number of fused-ring (bicyclic) bond motifs is 7. The van der Waals surface area contributed by atoms with E-state index >= 15 is 4.39 Å². The van der Waals surface area contributed by atoms with E-state index in [-0.39, 0.29) is 21.9 Å². The fourth-order valence-corrected chi connectivity index (χ4v) is 14.6. The van der Waals surface area contributed by atoms with E-state index in [1.165, 1.54) is 89.7 Å². The molecular weight excluding hydrogens is 772 g/mol. The van der Waals surface area contributed by atoms with Crippen LogP contribution in [-0.4, -0.2) is 83.3 Å². The second-order valence-corrected chi connectivity index (χ2v) is 21.7. The Kier molecular flexibility index (Phi) is 20.3. The third-order valence-electron chi connectivity index (χ3n) is 15.8. The van der Waals surface area contributed by atoms with Crippen molar-refractivity contribution in [2.45, 2.75) is 165 Å². The lowest BCUT2D eigenvalue weighted by Crippen LogP contribution is -2.63. The summed E-state index contributed by atoms with van der Waals surface area (Å²) in [7, 11) is 0.182. The molecule has 1 aromatic rings. The Morgan fingerprint density at radius 2 is 1.53 bits per heavy atom. The van der Waals surface area contributed by atoms with Crippen LogP contribution in [0.15, 0.2) is 24.3 Å². The molecule has 7 nitrogen and oxygen atoms in total. The number of ether oxygens (including phenoxy) is 2. The van der Waals surface area contributed by atoms with E-state index < -0.39 is 21.6 Å². The number of rotatable bonds is 9. The Balaban J connectivity index is 0.000000657. The van der Waals surface area contributed by atoms with Crippen molar-refractivity contribution in [3.8, 4) is 0 Å². The van der Waals surface area contributed by atoms with Gasteiger partial charge in [0.1, 0.15) is 5.82 Å². The zero-order chi connectivity index (χ0) is 44.9. The molecule has 1 heterocycles. The molecule has 0 bridgehead atoms. The van der Waals surface area contributed by atoms with Crippen LogP contribution in [0.3, 0.4) is 0 Å². The first-order valence-corrected chi connectivity index (χ1v) is 26.1. The predicted molar refractivity (Wildman–Crippen MR) is 251 cm³/mol. The first-order chi connectivity index (χ1) is 28.6. The van der Waals surface area contributed by atoms with Gasteiger partial charge in [-0.25, -0.2) is 17.6 Å². The number of sulfone groups is 1. The smallest absolute Gasteiger partial charge is 0.340 e. The monoisotopic (exact) mass is 861 g/mol. The van der Waals surface area contributed by atoms with Crippen LogP contribution in [0.25, 0.3) is 5.57 Å². The number of benzene rings is 1. The van der Waals surface area contributed by atoms with Crippen LogP contribution in [-0.2, 0) is 19.3 Å². The Hall–Kier alpha value is -1.81. The van der Waals surface area contributed by atoms with Crippen molar-refractivity contribution < 1.29 is 27.1 Å². The van der Waals surface area contributed by atoms with Gasteiger partial charge in [0.05, 0.1) is 24.2 Å². The van der Waals surface area contributed by atoms with Crippen molar-refractivity contribution in [1.82, 2.24) is 10.2 Å². The summed E-state index contributed by atoms with van der Waals surface area (Å²) < 4.78 is 48.5. The van der Waals surface area contributed by atoms with E-state index in [1.54, 1.807) is 19.2 Å². The van der Waals surface area contributed by atoms with Gasteiger partial charge in [-0.3, -0.25) is 0 Å². The van der Waals surface area contributed by atoms with E-state index in [4.69, 9.17) is 9.47 Å². The van der Waals surface area contributed by atoms with Crippen LogP contribution < -0.4 is 5.32 Å². The highest BCUT2D eigenvalue weighted by atomic mass is 32.2. The molecule has 1 N–H and O–H groups in total. The van der Waals surface area contributed by atoms with Crippen LogP contribution in [0.2, 0.25) is 0 Å². The SMILES string of the molecule is CC.CC.CCC.CCCCOC.COC(=O)c1ccc(C2=CC[C@@]3(C)C(CC[C@@]4(C)C5CC[C@@]6(NCCN7CCS(=O)(=O)CC7)CCC[C@@H]6[C@H]5CCC43)C2(C)C)cc1F. The lowest BCUT2D eigenvalue weighted by Gasteiger charge is -2.68. The predicted octanol–water partition coefficient (Wildman–Crippen LogP) is 12.0. The van der Waals surface area contributed by atoms with Crippen LogP contribution in [0.5, 0.6) is 0 Å². The maximum absolute atomic E-state index is 15.1. The third-order valence-corrected chi connectivity index (χ3v) is 17.4. The Morgan fingerprint density at radius 1 is 0.867 bits per heavy atom. The number of nitrogens with one attached hydrogen (secondary N) is 1. The molecule has 7 rings (SSSR count). The summed E-state index contributed by atoms with van der Waals surface area (Å²) in [6.07, 6.45) is 18.8. The summed E-state index contributed by atoms with van der Waals surface area (Å²) in [6.45, 7) is 28.6. The molecule has 8 atom stereocenters. The highest BCUT2D eigenvalue weighted by molar-refractivity contribution is 7.91. The van der Waals surface area contributed by atoms with E-state index in [0.717, 1.165) is 49.4 Å². The lowest BCUT2D eigenvalue weighted by atomic mass is 9.37. The number of unbranched alkanes of at least 4 members (excludes halogenated alkanes) is 1. The maximum Gasteiger partial charge on any atom is 0.340 e. The van der Waals surface area contributed by atoms with Gasteiger partial charge in [-0.2, -0.15) is 0 Å². The molecule has 60 heavy (non-hydrogen) atoms. The number of hydrogen-bond acceptors (Lipinski definition) is 7. The maximum atomic E-state index is 15.1. The average Bonchev–Trinajstić information content (AvgIpc) is 3.67. The molecule has 0 radical (unpaired) electrons. The summed E-state index contributed by atoms with van der Waals surface area (Å²) in [5.74, 6) is 3.00. The number of methoxy groups -OCH3 is 2. The van der Waals surface area contributed by atoms with Crippen molar-refractivity contribution in [2.24, 2.45) is 45.8 Å². The van der Waals surface area contributed by atoms with Crippen molar-refractivity contribution >= 4 is 21.4 Å². The van der Waals surface area contributed by atoms with Gasteiger partial charge in [0.25, 0.3) is 0 Å². The second kappa shape index (κ2) is 23.2. The number of allylic oxidation sites excluding steroid dienone is 2. The summed E-state index contributed by atoms with van der Waals surface area (Å²) >= 11 is 0. The summed E-state index contributed by atoms with van der Waals surface area (Å²) in [5, 5.41) is 4.13. The molecule has 1 aliphatic heterocycles. The molecule has 0 amide bonds. The van der Waals surface area contributed by atoms with Gasteiger partial charge in [-0.15, -0.1) is 0 Å². The normalized spacial score (nSPS) is 33.3. The average molecular weight is 861 g/mol. The molecule has 1 saturated heterocycles. The Labute approximate surface area is 368 Å². The number of carbonyl (C=O) groups is 1. The van der Waals surface area contributed by atoms with E-state index in [9.17, 15) is 13.2 Å². The van der Waals surface area contributed by atoms with Gasteiger partial charge in [-0.1, -0.05) is 108 Å². The van der Waals surface area contributed by atoms with Crippen LogP contribution in [0.1, 0.15) is 176 Å². The molecule has 9 heteroatoms. The van der Waals surface area contributed by atoms with Crippen LogP contribution in [0.4, 0.5) is 4.39 Å². The number of nitrogens with zero attached hydrogens (tertiary/aromatic N) is 1. The number of hydrogen-bond donors (Lipinski definition) is 1. The van der Waals surface area contributed by atoms with E-state index in [2.05, 4.69) is 64.8 Å². The molecule has 5 fully saturated rings. The lowest BCUT2D eigenvalue weighted by molar-refractivity contribution is -0.172. The first-order valence-electron chi connectivity index (χ1n) is 24.3. The minimum atomic E-state index is -2.84. The summed E-state index contributed by atoms with van der Waals surface area (Å²) in [6, 6.07) is 5.04. The van der Waals surface area contributed by atoms with Crippen molar-refractivity contribution in [2.75, 3.05) is 58.5 Å². The van der Waals surface area contributed by atoms with Gasteiger partial charge in [0, 0.05) is 45.4 Å². The molecule has 4 saturated carbocycles.